The summed E-state index contributed by atoms with van der Waals surface area (Å²) >= 11 is 0. The summed E-state index contributed by atoms with van der Waals surface area (Å²) in [7, 11) is 3.62. The second-order valence-electron chi connectivity index (χ2n) is 10.3. The number of aromatic nitrogens is 3. The van der Waals surface area contributed by atoms with Crippen molar-refractivity contribution in [3.05, 3.63) is 89.6 Å². The first-order valence-corrected chi connectivity index (χ1v) is 13.2. The second kappa shape index (κ2) is 9.81. The number of benzene rings is 1. The summed E-state index contributed by atoms with van der Waals surface area (Å²) in [6.45, 7) is 1.29. The fraction of sp³-hybridized carbons (Fsp3) is 0.333. The zero-order valence-electron chi connectivity index (χ0n) is 22.1. The molecule has 6 rings (SSSR count). The highest BCUT2D eigenvalue weighted by atomic mass is 16.5. The van der Waals surface area contributed by atoms with E-state index in [4.69, 9.17) is 4.74 Å². The Kier molecular flexibility index (Phi) is 6.31. The Hall–Kier alpha value is -4.24. The van der Waals surface area contributed by atoms with Crippen LogP contribution in [0.2, 0.25) is 0 Å². The number of aliphatic hydroxyl groups excluding tert-OH is 1. The minimum atomic E-state index is -0.531. The average Bonchev–Trinajstić information content (AvgIpc) is 3.30. The molecule has 1 saturated heterocycles. The number of ether oxygens (including phenoxy) is 1. The summed E-state index contributed by atoms with van der Waals surface area (Å²) in [5.74, 6) is 0.445. The largest absolute Gasteiger partial charge is 0.497 e. The number of amides is 2. The Bertz CT molecular complexity index is 1530. The van der Waals surface area contributed by atoms with Gasteiger partial charge in [0.2, 0.25) is 0 Å². The van der Waals surface area contributed by atoms with Crippen molar-refractivity contribution in [2.75, 3.05) is 33.4 Å². The predicted octanol–water partition coefficient (Wildman–Crippen LogP) is 3.34. The first-order valence-electron chi connectivity index (χ1n) is 13.2. The van der Waals surface area contributed by atoms with Crippen LogP contribution >= 0.6 is 0 Å². The third kappa shape index (κ3) is 4.04. The molecule has 0 bridgehead atoms. The fourth-order valence-electron chi connectivity index (χ4n) is 6.41. The Morgan fingerprint density at radius 1 is 1.00 bits per heavy atom. The van der Waals surface area contributed by atoms with Crippen LogP contribution in [0.3, 0.4) is 0 Å². The third-order valence-corrected chi connectivity index (χ3v) is 8.36. The summed E-state index contributed by atoms with van der Waals surface area (Å²) < 4.78 is 7.60. The minimum Gasteiger partial charge on any atom is -0.497 e. The number of carbonyl (C=O) groups excluding carboxylic acids is 2. The zero-order chi connectivity index (χ0) is 27.1. The molecule has 2 aliphatic rings. The van der Waals surface area contributed by atoms with Crippen molar-refractivity contribution in [2.45, 2.75) is 24.3 Å². The predicted molar refractivity (Wildman–Crippen MR) is 146 cm³/mol. The Morgan fingerprint density at radius 2 is 1.67 bits per heavy atom. The number of rotatable bonds is 4. The van der Waals surface area contributed by atoms with Gasteiger partial charge in [0, 0.05) is 61.6 Å². The molecule has 4 aromatic rings. The number of aliphatic hydroxyl groups is 1. The van der Waals surface area contributed by atoms with E-state index in [2.05, 4.69) is 20.6 Å². The van der Waals surface area contributed by atoms with Crippen LogP contribution in [0.4, 0.5) is 0 Å². The molecule has 2 amide bonds. The first kappa shape index (κ1) is 25.1. The average molecular weight is 526 g/mol. The summed E-state index contributed by atoms with van der Waals surface area (Å²) in [5.41, 5.74) is 3.43. The topological polar surface area (TPSA) is 101 Å². The molecule has 1 fully saturated rings. The molecule has 0 aliphatic carbocycles. The van der Waals surface area contributed by atoms with Crippen LogP contribution in [0.1, 0.15) is 51.1 Å². The SMILES string of the molecule is COc1ccc2c3c(n(C)c2c1)[C@@H](CO)N(C(=O)c1ccccn1)CC31CCN(C(=O)c2ccccn2)CC1. The van der Waals surface area contributed by atoms with Crippen molar-refractivity contribution in [3.63, 3.8) is 0 Å². The molecule has 1 N–H and O–H groups in total. The molecular formula is C30H31N5O4. The molecule has 0 saturated carbocycles. The van der Waals surface area contributed by atoms with E-state index in [-0.39, 0.29) is 18.4 Å². The molecular weight excluding hydrogens is 494 g/mol. The third-order valence-electron chi connectivity index (χ3n) is 8.36. The number of pyridine rings is 2. The lowest BCUT2D eigenvalue weighted by atomic mass is 9.68. The first-order chi connectivity index (χ1) is 19.0. The van der Waals surface area contributed by atoms with Crippen LogP contribution in [0.15, 0.2) is 67.0 Å². The fourth-order valence-corrected chi connectivity index (χ4v) is 6.41. The maximum Gasteiger partial charge on any atom is 0.273 e. The highest BCUT2D eigenvalue weighted by Gasteiger charge is 2.50. The standard InChI is InChI=1S/C30H31N5O4/c1-33-24-17-20(39-2)9-10-21(24)26-27(33)25(18-36)35(29(38)23-8-4-6-14-32-23)19-30(26)11-15-34(16-12-30)28(37)22-7-3-5-13-31-22/h3-10,13-14,17,25,36H,11-12,15-16,18-19H2,1-2H3/t25-/m1/s1. The number of piperidine rings is 1. The van der Waals surface area contributed by atoms with Gasteiger partial charge in [0.05, 0.1) is 25.3 Å². The van der Waals surface area contributed by atoms with E-state index in [1.807, 2.05) is 30.1 Å². The lowest BCUT2D eigenvalue weighted by Gasteiger charge is -2.50. The van der Waals surface area contributed by atoms with Crippen molar-refractivity contribution >= 4 is 22.7 Å². The summed E-state index contributed by atoms with van der Waals surface area (Å²) in [5, 5.41) is 11.8. The number of carbonyl (C=O) groups is 2. The van der Waals surface area contributed by atoms with E-state index in [1.165, 1.54) is 0 Å². The molecule has 0 unspecified atom stereocenters. The van der Waals surface area contributed by atoms with Crippen molar-refractivity contribution in [1.82, 2.24) is 24.3 Å². The summed E-state index contributed by atoms with van der Waals surface area (Å²) in [6, 6.07) is 16.1. The Labute approximate surface area is 226 Å². The molecule has 5 heterocycles. The van der Waals surface area contributed by atoms with Gasteiger partial charge in [-0.1, -0.05) is 12.1 Å². The van der Waals surface area contributed by atoms with Gasteiger partial charge in [0.15, 0.2) is 0 Å². The van der Waals surface area contributed by atoms with E-state index in [0.717, 1.165) is 27.9 Å². The number of nitrogens with zero attached hydrogens (tertiary/aromatic N) is 5. The van der Waals surface area contributed by atoms with E-state index in [1.54, 1.807) is 54.7 Å². The van der Waals surface area contributed by atoms with Crippen LogP contribution < -0.4 is 4.74 Å². The maximum atomic E-state index is 13.8. The number of hydrogen-bond acceptors (Lipinski definition) is 6. The number of fused-ring (bicyclic) bond motifs is 4. The zero-order valence-corrected chi connectivity index (χ0v) is 22.1. The highest BCUT2D eigenvalue weighted by molar-refractivity contribution is 5.95. The molecule has 3 aromatic heterocycles. The molecule has 0 radical (unpaired) electrons. The maximum absolute atomic E-state index is 13.8. The Morgan fingerprint density at radius 3 is 2.26 bits per heavy atom. The van der Waals surface area contributed by atoms with Gasteiger partial charge in [-0.25, -0.2) is 0 Å². The quantitative estimate of drug-likeness (QED) is 0.439. The lowest BCUT2D eigenvalue weighted by Crippen LogP contribution is -2.56. The van der Waals surface area contributed by atoms with Crippen LogP contribution in [0.25, 0.3) is 10.9 Å². The van der Waals surface area contributed by atoms with Gasteiger partial charge in [-0.05, 0) is 54.8 Å². The number of aryl methyl sites for hydroxylation is 1. The molecule has 9 heteroatoms. The highest BCUT2D eigenvalue weighted by Crippen LogP contribution is 2.50. The molecule has 2 aliphatic heterocycles. The molecule has 1 aromatic carbocycles. The van der Waals surface area contributed by atoms with Crippen LogP contribution in [-0.4, -0.2) is 74.6 Å². The second-order valence-corrected chi connectivity index (χ2v) is 10.3. The van der Waals surface area contributed by atoms with Gasteiger partial charge in [-0.2, -0.15) is 0 Å². The van der Waals surface area contributed by atoms with Crippen LogP contribution in [-0.2, 0) is 12.5 Å². The van der Waals surface area contributed by atoms with Crippen molar-refractivity contribution in [3.8, 4) is 5.75 Å². The van der Waals surface area contributed by atoms with Gasteiger partial charge < -0.3 is 24.2 Å². The van der Waals surface area contributed by atoms with E-state index in [0.29, 0.717) is 43.9 Å². The smallest absolute Gasteiger partial charge is 0.273 e. The normalized spacial score (nSPS) is 18.3. The van der Waals surface area contributed by atoms with E-state index >= 15 is 0 Å². The number of hydrogen-bond donors (Lipinski definition) is 1. The molecule has 1 atom stereocenters. The van der Waals surface area contributed by atoms with E-state index < -0.39 is 11.5 Å². The van der Waals surface area contributed by atoms with Crippen LogP contribution in [0.5, 0.6) is 5.75 Å². The lowest BCUT2D eigenvalue weighted by molar-refractivity contribution is 0.0312. The molecule has 39 heavy (non-hydrogen) atoms. The van der Waals surface area contributed by atoms with Crippen molar-refractivity contribution in [1.29, 1.82) is 0 Å². The van der Waals surface area contributed by atoms with Gasteiger partial charge >= 0.3 is 0 Å². The summed E-state index contributed by atoms with van der Waals surface area (Å²) in [6.07, 6.45) is 4.59. The monoisotopic (exact) mass is 525 g/mol. The van der Waals surface area contributed by atoms with Gasteiger partial charge in [-0.15, -0.1) is 0 Å². The Balaban J connectivity index is 1.45. The molecule has 1 spiro atoms. The minimum absolute atomic E-state index is 0.0845. The van der Waals surface area contributed by atoms with Gasteiger partial charge in [0.1, 0.15) is 17.1 Å². The van der Waals surface area contributed by atoms with Crippen molar-refractivity contribution in [2.24, 2.45) is 7.05 Å². The number of methoxy groups -OCH3 is 1. The van der Waals surface area contributed by atoms with Crippen molar-refractivity contribution < 1.29 is 19.4 Å². The number of likely N-dealkylation sites (tertiary alicyclic amines) is 1. The van der Waals surface area contributed by atoms with Gasteiger partial charge in [-0.3, -0.25) is 19.6 Å². The van der Waals surface area contributed by atoms with Gasteiger partial charge in [0.25, 0.3) is 11.8 Å². The van der Waals surface area contributed by atoms with E-state index in [9.17, 15) is 14.7 Å². The molecule has 9 nitrogen and oxygen atoms in total. The summed E-state index contributed by atoms with van der Waals surface area (Å²) in [4.78, 5) is 39.2. The van der Waals surface area contributed by atoms with Crippen LogP contribution in [0, 0.1) is 0 Å². The molecule has 200 valence electrons.